The van der Waals surface area contributed by atoms with E-state index in [0.717, 1.165) is 11.3 Å². The number of hydrogen-bond acceptors (Lipinski definition) is 2. The molecule has 2 amide bonds. The number of rotatable bonds is 5. The Bertz CT molecular complexity index is 1320. The normalized spacial score (nSPS) is 18.2. The molecule has 0 spiro atoms. The van der Waals surface area contributed by atoms with Crippen molar-refractivity contribution in [2.75, 3.05) is 17.3 Å². The van der Waals surface area contributed by atoms with E-state index in [-0.39, 0.29) is 31.6 Å². The minimum absolute atomic E-state index is 0.209. The lowest BCUT2D eigenvalue weighted by atomic mass is 10.1. The largest absolute Gasteiger partial charge is 0.326 e. The van der Waals surface area contributed by atoms with Crippen molar-refractivity contribution in [3.63, 3.8) is 0 Å². The third-order valence-electron chi connectivity index (χ3n) is 5.87. The van der Waals surface area contributed by atoms with Gasteiger partial charge in [-0.15, -0.1) is 23.2 Å². The van der Waals surface area contributed by atoms with Crippen molar-refractivity contribution in [2.45, 2.75) is 17.2 Å². The Hall–Kier alpha value is -1.66. The molecule has 3 aromatic carbocycles. The van der Waals surface area contributed by atoms with Gasteiger partial charge in [0.05, 0.1) is 31.6 Å². The number of carbonyl (C=O) groups is 2. The quantitative estimate of drug-likeness (QED) is 0.241. The summed E-state index contributed by atoms with van der Waals surface area (Å²) in [6.45, 7) is 1.88. The van der Waals surface area contributed by atoms with Crippen molar-refractivity contribution in [3.05, 3.63) is 91.4 Å². The van der Waals surface area contributed by atoms with Gasteiger partial charge in [-0.3, -0.25) is 9.59 Å². The van der Waals surface area contributed by atoms with E-state index in [1.807, 2.05) is 6.92 Å². The van der Waals surface area contributed by atoms with Crippen molar-refractivity contribution in [1.82, 2.24) is 0 Å². The minimum Gasteiger partial charge on any atom is -0.326 e. The van der Waals surface area contributed by atoms with E-state index in [9.17, 15) is 9.59 Å². The van der Waals surface area contributed by atoms with Crippen molar-refractivity contribution < 1.29 is 9.59 Å². The summed E-state index contributed by atoms with van der Waals surface area (Å²) in [5.41, 5.74) is 2.79. The molecule has 1 aliphatic rings. The van der Waals surface area contributed by atoms with E-state index in [1.54, 1.807) is 49.5 Å². The van der Waals surface area contributed by atoms with Crippen LogP contribution in [-0.4, -0.2) is 23.2 Å². The molecule has 0 aromatic heterocycles. The molecule has 1 aliphatic carbocycles. The molecule has 10 heteroatoms. The number of nitrogens with one attached hydrogen (secondary N) is 1. The van der Waals surface area contributed by atoms with Crippen LogP contribution in [0, 0.1) is 18.9 Å². The van der Waals surface area contributed by atoms with E-state index >= 15 is 0 Å². The molecule has 4 rings (SSSR count). The number of nitrogens with zero attached hydrogens (tertiary/aromatic N) is 1. The predicted octanol–water partition coefficient (Wildman–Crippen LogP) is 8.21. The van der Waals surface area contributed by atoms with E-state index in [1.165, 1.54) is 11.0 Å². The maximum atomic E-state index is 13.2. The van der Waals surface area contributed by atoms with Crippen molar-refractivity contribution in [1.29, 1.82) is 0 Å². The number of anilines is 2. The molecule has 0 aliphatic heterocycles. The first-order valence-corrected chi connectivity index (χ1v) is 12.6. The fraction of sp³-hybridized carbons (Fsp3) is 0.200. The number of halogens is 6. The molecule has 181 valence electrons. The molecule has 1 N–H and O–H groups in total. The molecule has 4 nitrogen and oxygen atoms in total. The summed E-state index contributed by atoms with van der Waals surface area (Å²) in [6.07, 6.45) is 0. The van der Waals surface area contributed by atoms with Crippen LogP contribution in [0.3, 0.4) is 0 Å². The lowest BCUT2D eigenvalue weighted by molar-refractivity contribution is -0.117. The van der Waals surface area contributed by atoms with E-state index in [4.69, 9.17) is 69.6 Å². The summed E-state index contributed by atoms with van der Waals surface area (Å²) >= 11 is 37.5. The lowest BCUT2D eigenvalue weighted by Crippen LogP contribution is -2.27. The molecule has 1 fully saturated rings. The van der Waals surface area contributed by atoms with Crippen LogP contribution in [0.2, 0.25) is 20.1 Å². The highest BCUT2D eigenvalue weighted by atomic mass is 35.5. The van der Waals surface area contributed by atoms with Crippen molar-refractivity contribution in [3.8, 4) is 0 Å². The summed E-state index contributed by atoms with van der Waals surface area (Å²) in [7, 11) is 1.65. The second-order valence-electron chi connectivity index (χ2n) is 8.19. The van der Waals surface area contributed by atoms with Gasteiger partial charge >= 0.3 is 0 Å². The van der Waals surface area contributed by atoms with Gasteiger partial charge in [-0.1, -0.05) is 52.5 Å². The van der Waals surface area contributed by atoms with Gasteiger partial charge in [-0.05, 0) is 66.6 Å². The van der Waals surface area contributed by atoms with Gasteiger partial charge in [0.25, 0.3) is 5.91 Å². The topological polar surface area (TPSA) is 49.4 Å². The molecular weight excluding hydrogens is 573 g/mol. The van der Waals surface area contributed by atoms with Gasteiger partial charge in [0, 0.05) is 24.3 Å². The zero-order valence-corrected chi connectivity index (χ0v) is 22.8. The molecule has 1 saturated carbocycles. The van der Waals surface area contributed by atoms with Crippen LogP contribution >= 0.6 is 69.6 Å². The predicted molar refractivity (Wildman–Crippen MR) is 145 cm³/mol. The molecule has 0 heterocycles. The van der Waals surface area contributed by atoms with Crippen LogP contribution in [0.5, 0.6) is 0 Å². The number of hydrogen-bond donors (Lipinski definition) is 1. The second kappa shape index (κ2) is 10.0. The Morgan fingerprint density at radius 2 is 1.66 bits per heavy atom. The summed E-state index contributed by atoms with van der Waals surface area (Å²) in [4.78, 5) is 27.7. The van der Waals surface area contributed by atoms with E-state index < -0.39 is 22.1 Å². The van der Waals surface area contributed by atoms with E-state index in [2.05, 4.69) is 11.4 Å². The fourth-order valence-corrected chi connectivity index (χ4v) is 5.62. The highest BCUT2D eigenvalue weighted by Gasteiger charge is 2.67. The van der Waals surface area contributed by atoms with Gasteiger partial charge in [-0.25, -0.2) is 0 Å². The molecule has 3 aromatic rings. The second-order valence-corrected chi connectivity index (χ2v) is 11.2. The van der Waals surface area contributed by atoms with Crippen LogP contribution in [0.15, 0.2) is 48.5 Å². The molecule has 1 radical (unpaired) electrons. The summed E-state index contributed by atoms with van der Waals surface area (Å²) in [5, 5.41) is 3.71. The monoisotopic (exact) mass is 587 g/mol. The third kappa shape index (κ3) is 5.11. The molecule has 0 saturated heterocycles. The van der Waals surface area contributed by atoms with Gasteiger partial charge in [-0.2, -0.15) is 0 Å². The number of alkyl halides is 2. The zero-order valence-electron chi connectivity index (χ0n) is 18.3. The lowest BCUT2D eigenvalue weighted by Gasteiger charge is -2.20. The Balaban J connectivity index is 1.55. The first kappa shape index (κ1) is 26.4. The number of aryl methyl sites for hydroxylation is 1. The standard InChI is InChI=1S/C25H17Cl6N2O2/c1-12-5-3-4-6-19(12)33(2)24(35)15-11-14(7-8-16(15)26)32-23(34)21-20(25(21,30)31)13-9-17(27)22(29)18(28)10-13/h4-11,20-21H,1-2H3,(H,32,34)/t20-,21+/m0/s1. The minimum atomic E-state index is -1.36. The maximum absolute atomic E-state index is 13.2. The Labute approximate surface area is 233 Å². The molecule has 0 bridgehead atoms. The average Bonchev–Trinajstić information content (AvgIpc) is 3.39. The van der Waals surface area contributed by atoms with E-state index in [0.29, 0.717) is 11.3 Å². The summed E-state index contributed by atoms with van der Waals surface area (Å²) in [5.74, 6) is -2.08. The van der Waals surface area contributed by atoms with Gasteiger partial charge in [0.15, 0.2) is 0 Å². The molecule has 0 unspecified atom stereocenters. The van der Waals surface area contributed by atoms with Crippen LogP contribution < -0.4 is 10.2 Å². The molecular formula is C25H17Cl6N2O2. The first-order valence-electron chi connectivity index (χ1n) is 10.3. The molecule has 2 atom stereocenters. The summed E-state index contributed by atoms with van der Waals surface area (Å²) in [6, 6.07) is 16.1. The SMILES string of the molecule is Cc1c[c]ccc1N(C)C(=O)c1cc(NC(=O)[C@H]2[C@H](c3cc(Cl)c(Cl)c(Cl)c3)C2(Cl)Cl)ccc1Cl. The van der Waals surface area contributed by atoms with Crippen molar-refractivity contribution >= 4 is 92.8 Å². The average molecular weight is 590 g/mol. The number of carbonyl (C=O) groups excluding carboxylic acids is 2. The number of amides is 2. The van der Waals surface area contributed by atoms with Crippen LogP contribution in [0.1, 0.15) is 27.4 Å². The fourth-order valence-electron chi connectivity index (χ4n) is 3.98. The Morgan fingerprint density at radius 3 is 2.29 bits per heavy atom. The maximum Gasteiger partial charge on any atom is 0.259 e. The Morgan fingerprint density at radius 1 is 1.00 bits per heavy atom. The van der Waals surface area contributed by atoms with Crippen LogP contribution in [-0.2, 0) is 4.79 Å². The zero-order chi connectivity index (χ0) is 25.7. The third-order valence-corrected chi connectivity index (χ3v) is 8.34. The highest BCUT2D eigenvalue weighted by Crippen LogP contribution is 2.65. The van der Waals surface area contributed by atoms with Gasteiger partial charge in [0.1, 0.15) is 4.33 Å². The summed E-state index contributed by atoms with van der Waals surface area (Å²) < 4.78 is -1.36. The Kier molecular flexibility index (Phi) is 7.55. The van der Waals surface area contributed by atoms with Gasteiger partial charge < -0.3 is 10.2 Å². The molecule has 35 heavy (non-hydrogen) atoms. The first-order chi connectivity index (χ1) is 16.4. The highest BCUT2D eigenvalue weighted by molar-refractivity contribution is 6.54. The van der Waals surface area contributed by atoms with Crippen molar-refractivity contribution in [2.24, 2.45) is 5.92 Å². The number of benzene rings is 3. The van der Waals surface area contributed by atoms with Gasteiger partial charge in [0.2, 0.25) is 5.91 Å². The van der Waals surface area contributed by atoms with Crippen LogP contribution in [0.4, 0.5) is 11.4 Å². The van der Waals surface area contributed by atoms with Crippen LogP contribution in [0.25, 0.3) is 0 Å². The smallest absolute Gasteiger partial charge is 0.259 e.